The molecule has 0 fully saturated rings. The van der Waals surface area contributed by atoms with E-state index in [4.69, 9.17) is 5.73 Å². The van der Waals surface area contributed by atoms with E-state index in [1.54, 1.807) is 35.7 Å². The van der Waals surface area contributed by atoms with E-state index in [0.29, 0.717) is 5.75 Å². The highest BCUT2D eigenvalue weighted by Crippen LogP contribution is 2.19. The standard InChI is InChI=1S/C12H16FNO2S2/c1-16-12(15)11(14)8-17-6-7-18-10-4-2-9(13)3-5-10/h2-5,11H,6-8,14H2,1H3. The molecular weight excluding hydrogens is 273 g/mol. The van der Waals surface area contributed by atoms with E-state index < -0.39 is 6.04 Å². The molecule has 0 spiro atoms. The number of esters is 1. The third kappa shape index (κ3) is 5.75. The number of ether oxygens (including phenoxy) is 1. The number of thioether (sulfide) groups is 2. The first kappa shape index (κ1) is 15.3. The van der Waals surface area contributed by atoms with Gasteiger partial charge in [-0.1, -0.05) is 0 Å². The number of carbonyl (C=O) groups is 1. The third-order valence-electron chi connectivity index (χ3n) is 2.11. The highest BCUT2D eigenvalue weighted by atomic mass is 32.2. The molecule has 6 heteroatoms. The summed E-state index contributed by atoms with van der Waals surface area (Å²) in [6.07, 6.45) is 0. The minimum absolute atomic E-state index is 0.224. The van der Waals surface area contributed by atoms with Gasteiger partial charge in [0.1, 0.15) is 11.9 Å². The molecule has 18 heavy (non-hydrogen) atoms. The highest BCUT2D eigenvalue weighted by Gasteiger charge is 2.12. The van der Waals surface area contributed by atoms with Gasteiger partial charge in [-0.15, -0.1) is 11.8 Å². The van der Waals surface area contributed by atoms with E-state index in [0.717, 1.165) is 16.4 Å². The van der Waals surface area contributed by atoms with Gasteiger partial charge in [0.25, 0.3) is 0 Å². The smallest absolute Gasteiger partial charge is 0.323 e. The molecule has 1 rings (SSSR count). The lowest BCUT2D eigenvalue weighted by atomic mass is 10.4. The molecule has 0 aliphatic heterocycles. The molecule has 100 valence electrons. The third-order valence-corrected chi connectivity index (χ3v) is 4.47. The number of halogens is 1. The second kappa shape index (κ2) is 8.39. The largest absolute Gasteiger partial charge is 0.468 e. The predicted molar refractivity (Wildman–Crippen MR) is 74.4 cm³/mol. The zero-order chi connectivity index (χ0) is 13.4. The van der Waals surface area contributed by atoms with Gasteiger partial charge in [0.15, 0.2) is 0 Å². The minimum atomic E-state index is -0.559. The van der Waals surface area contributed by atoms with Gasteiger partial charge in [-0.05, 0) is 24.3 Å². The van der Waals surface area contributed by atoms with Crippen molar-refractivity contribution in [3.8, 4) is 0 Å². The number of hydrogen-bond donors (Lipinski definition) is 1. The topological polar surface area (TPSA) is 52.3 Å². The Morgan fingerprint density at radius 2 is 2.06 bits per heavy atom. The monoisotopic (exact) mass is 289 g/mol. The first-order chi connectivity index (χ1) is 8.63. The second-order valence-corrected chi connectivity index (χ2v) is 5.83. The van der Waals surface area contributed by atoms with Gasteiger partial charge in [-0.25, -0.2) is 4.39 Å². The van der Waals surface area contributed by atoms with Gasteiger partial charge >= 0.3 is 5.97 Å². The van der Waals surface area contributed by atoms with Crippen molar-refractivity contribution in [1.29, 1.82) is 0 Å². The Kier molecular flexibility index (Phi) is 7.15. The van der Waals surface area contributed by atoms with Crippen LogP contribution in [0.25, 0.3) is 0 Å². The number of carbonyl (C=O) groups excluding carboxylic acids is 1. The molecule has 0 amide bonds. The van der Waals surface area contributed by atoms with Crippen molar-refractivity contribution in [2.24, 2.45) is 5.73 Å². The fraction of sp³-hybridized carbons (Fsp3) is 0.417. The second-order valence-electron chi connectivity index (χ2n) is 3.51. The van der Waals surface area contributed by atoms with Gasteiger partial charge < -0.3 is 10.5 Å². The quantitative estimate of drug-likeness (QED) is 0.473. The minimum Gasteiger partial charge on any atom is -0.468 e. The molecular formula is C12H16FNO2S2. The summed E-state index contributed by atoms with van der Waals surface area (Å²) in [5.74, 6) is 1.72. The molecule has 2 N–H and O–H groups in total. The van der Waals surface area contributed by atoms with Gasteiger partial charge in [0, 0.05) is 22.2 Å². The van der Waals surface area contributed by atoms with E-state index in [9.17, 15) is 9.18 Å². The number of rotatable bonds is 7. The van der Waals surface area contributed by atoms with Crippen molar-refractivity contribution >= 4 is 29.5 Å². The Hall–Kier alpha value is -0.720. The molecule has 0 bridgehead atoms. The van der Waals surface area contributed by atoms with Crippen LogP contribution in [0.1, 0.15) is 0 Å². The van der Waals surface area contributed by atoms with E-state index in [-0.39, 0.29) is 11.8 Å². The van der Waals surface area contributed by atoms with E-state index >= 15 is 0 Å². The van der Waals surface area contributed by atoms with Crippen LogP contribution in [0.3, 0.4) is 0 Å². The lowest BCUT2D eigenvalue weighted by molar-refractivity contribution is -0.141. The summed E-state index contributed by atoms with van der Waals surface area (Å²) in [4.78, 5) is 12.1. The number of nitrogens with two attached hydrogens (primary N) is 1. The molecule has 1 atom stereocenters. The Balaban J connectivity index is 2.12. The zero-order valence-corrected chi connectivity index (χ0v) is 11.7. The van der Waals surface area contributed by atoms with Crippen molar-refractivity contribution in [3.05, 3.63) is 30.1 Å². The molecule has 0 heterocycles. The summed E-state index contributed by atoms with van der Waals surface area (Å²) in [7, 11) is 1.33. The Morgan fingerprint density at radius 3 is 2.67 bits per heavy atom. The van der Waals surface area contributed by atoms with Crippen molar-refractivity contribution < 1.29 is 13.9 Å². The van der Waals surface area contributed by atoms with Crippen molar-refractivity contribution in [2.45, 2.75) is 10.9 Å². The maximum atomic E-state index is 12.7. The molecule has 1 aromatic rings. The lowest BCUT2D eigenvalue weighted by Crippen LogP contribution is -2.34. The Morgan fingerprint density at radius 1 is 1.39 bits per heavy atom. The van der Waals surface area contributed by atoms with Gasteiger partial charge in [0.2, 0.25) is 0 Å². The SMILES string of the molecule is COC(=O)C(N)CSCCSc1ccc(F)cc1. The van der Waals surface area contributed by atoms with Crippen LogP contribution in [0, 0.1) is 5.82 Å². The Bertz CT molecular complexity index is 373. The fourth-order valence-corrected chi connectivity index (χ4v) is 3.10. The van der Waals surface area contributed by atoms with Crippen LogP contribution >= 0.6 is 23.5 Å². The molecule has 0 saturated carbocycles. The van der Waals surface area contributed by atoms with E-state index in [1.165, 1.54) is 19.2 Å². The Labute approximate surface area is 115 Å². The lowest BCUT2D eigenvalue weighted by Gasteiger charge is -2.08. The first-order valence-electron chi connectivity index (χ1n) is 5.43. The normalized spacial score (nSPS) is 12.2. The van der Waals surface area contributed by atoms with Crippen molar-refractivity contribution in [2.75, 3.05) is 24.4 Å². The number of hydrogen-bond acceptors (Lipinski definition) is 5. The maximum Gasteiger partial charge on any atom is 0.323 e. The average Bonchev–Trinajstić information content (AvgIpc) is 2.39. The molecule has 1 aromatic carbocycles. The summed E-state index contributed by atoms with van der Waals surface area (Å²) in [5.41, 5.74) is 5.59. The molecule has 0 radical (unpaired) electrons. The zero-order valence-electron chi connectivity index (χ0n) is 10.1. The summed E-state index contributed by atoms with van der Waals surface area (Å²) in [5, 5.41) is 0. The summed E-state index contributed by atoms with van der Waals surface area (Å²) in [6, 6.07) is 5.84. The average molecular weight is 289 g/mol. The summed E-state index contributed by atoms with van der Waals surface area (Å²) < 4.78 is 17.2. The van der Waals surface area contributed by atoms with Crippen LogP contribution in [0.4, 0.5) is 4.39 Å². The maximum absolute atomic E-state index is 12.7. The molecule has 3 nitrogen and oxygen atoms in total. The van der Waals surface area contributed by atoms with E-state index in [2.05, 4.69) is 4.74 Å². The van der Waals surface area contributed by atoms with Crippen LogP contribution in [-0.4, -0.2) is 36.4 Å². The molecule has 0 saturated heterocycles. The molecule has 0 aliphatic rings. The molecule has 0 aromatic heterocycles. The van der Waals surface area contributed by atoms with E-state index in [1.807, 2.05) is 0 Å². The van der Waals surface area contributed by atoms with Gasteiger partial charge in [0.05, 0.1) is 7.11 Å². The van der Waals surface area contributed by atoms with Crippen LogP contribution in [0.2, 0.25) is 0 Å². The van der Waals surface area contributed by atoms with Crippen molar-refractivity contribution in [3.63, 3.8) is 0 Å². The fourth-order valence-electron chi connectivity index (χ4n) is 1.18. The summed E-state index contributed by atoms with van der Waals surface area (Å²) in [6.45, 7) is 0. The van der Waals surface area contributed by atoms with Gasteiger partial charge in [-0.3, -0.25) is 4.79 Å². The van der Waals surface area contributed by atoms with Crippen LogP contribution in [0.15, 0.2) is 29.2 Å². The van der Waals surface area contributed by atoms with Crippen LogP contribution in [0.5, 0.6) is 0 Å². The van der Waals surface area contributed by atoms with Crippen molar-refractivity contribution in [1.82, 2.24) is 0 Å². The summed E-state index contributed by atoms with van der Waals surface area (Å²) >= 11 is 3.26. The predicted octanol–water partition coefficient (Wildman–Crippen LogP) is 2.15. The molecule has 1 unspecified atom stereocenters. The highest BCUT2D eigenvalue weighted by molar-refractivity contribution is 8.03. The van der Waals surface area contributed by atoms with Crippen LogP contribution in [-0.2, 0) is 9.53 Å². The number of methoxy groups -OCH3 is 1. The van der Waals surface area contributed by atoms with Gasteiger partial charge in [-0.2, -0.15) is 11.8 Å². The molecule has 0 aliphatic carbocycles. The number of benzene rings is 1. The van der Waals surface area contributed by atoms with Crippen LogP contribution < -0.4 is 5.73 Å². The first-order valence-corrected chi connectivity index (χ1v) is 7.57.